The Bertz CT molecular complexity index is 698. The fourth-order valence-corrected chi connectivity index (χ4v) is 2.52. The lowest BCUT2D eigenvalue weighted by Gasteiger charge is -2.18. The van der Waals surface area contributed by atoms with Gasteiger partial charge in [-0.15, -0.1) is 0 Å². The van der Waals surface area contributed by atoms with E-state index >= 15 is 0 Å². The van der Waals surface area contributed by atoms with E-state index in [0.717, 1.165) is 0 Å². The topological polar surface area (TPSA) is 66.4 Å². The molecule has 1 amide bonds. The third-order valence-electron chi connectivity index (χ3n) is 3.68. The smallest absolute Gasteiger partial charge is 0.335 e. The van der Waals surface area contributed by atoms with E-state index in [9.17, 15) is 9.59 Å². The van der Waals surface area contributed by atoms with E-state index in [2.05, 4.69) is 17.9 Å². The number of benzene rings is 2. The Morgan fingerprint density at radius 2 is 1.70 bits per heavy atom. The maximum absolute atomic E-state index is 12.3. The summed E-state index contributed by atoms with van der Waals surface area (Å²) >= 11 is 4.32. The van der Waals surface area contributed by atoms with E-state index < -0.39 is 5.97 Å². The Hall–Kier alpha value is -2.27. The molecule has 0 heterocycles. The quantitative estimate of drug-likeness (QED) is 0.714. The molecule has 0 spiro atoms. The number of amides is 1. The van der Waals surface area contributed by atoms with Crippen molar-refractivity contribution in [2.45, 2.75) is 19.4 Å². The minimum Gasteiger partial charge on any atom is -0.478 e. The molecule has 0 radical (unpaired) electrons. The summed E-state index contributed by atoms with van der Waals surface area (Å²) in [7, 11) is 0. The Kier molecular flexibility index (Phi) is 5.82. The predicted molar refractivity (Wildman–Crippen MR) is 93.4 cm³/mol. The lowest BCUT2D eigenvalue weighted by atomic mass is 10.0. The van der Waals surface area contributed by atoms with Crippen molar-refractivity contribution in [2.75, 3.05) is 5.75 Å². The number of carboxylic acid groups (broad SMARTS) is 1. The minimum atomic E-state index is -1.01. The zero-order valence-corrected chi connectivity index (χ0v) is 13.7. The van der Waals surface area contributed by atoms with Crippen molar-refractivity contribution in [2.24, 2.45) is 0 Å². The number of aromatic carboxylic acids is 1. The maximum atomic E-state index is 12.3. The summed E-state index contributed by atoms with van der Waals surface area (Å²) in [4.78, 5) is 23.1. The minimum absolute atomic E-state index is 0.0916. The zero-order chi connectivity index (χ0) is 16.8. The van der Waals surface area contributed by atoms with Crippen LogP contribution >= 0.6 is 12.6 Å². The molecule has 2 aromatic carbocycles. The van der Waals surface area contributed by atoms with E-state index in [0.29, 0.717) is 17.7 Å². The van der Waals surface area contributed by atoms with Crippen LogP contribution < -0.4 is 5.32 Å². The van der Waals surface area contributed by atoms with Gasteiger partial charge >= 0.3 is 5.97 Å². The van der Waals surface area contributed by atoms with Gasteiger partial charge in [-0.1, -0.05) is 24.3 Å². The molecule has 5 heteroatoms. The number of carboxylic acids is 1. The number of thiol groups is 1. The molecule has 0 saturated heterocycles. The number of aryl methyl sites for hydroxylation is 1. The summed E-state index contributed by atoms with van der Waals surface area (Å²) in [5.74, 6) is -0.716. The van der Waals surface area contributed by atoms with Crippen LogP contribution in [-0.4, -0.2) is 28.8 Å². The molecule has 0 aliphatic carbocycles. The Balaban J connectivity index is 2.04. The normalized spacial score (nSPS) is 11.7. The van der Waals surface area contributed by atoms with Crippen molar-refractivity contribution in [1.82, 2.24) is 5.32 Å². The van der Waals surface area contributed by atoms with E-state index in [1.165, 1.54) is 35.4 Å². The molecule has 0 aliphatic rings. The SMILES string of the molecule is Cc1ccccc1CC(CS)NC(=O)c1ccc(C(=O)O)cc1. The first-order valence-electron chi connectivity index (χ1n) is 7.31. The molecule has 0 aliphatic heterocycles. The lowest BCUT2D eigenvalue weighted by Crippen LogP contribution is -2.38. The highest BCUT2D eigenvalue weighted by Crippen LogP contribution is 2.11. The molecular formula is C18H19NO3S. The van der Waals surface area contributed by atoms with Gasteiger partial charge in [0, 0.05) is 17.4 Å². The van der Waals surface area contributed by atoms with Gasteiger partial charge in [-0.05, 0) is 48.7 Å². The monoisotopic (exact) mass is 329 g/mol. The molecule has 1 unspecified atom stereocenters. The van der Waals surface area contributed by atoms with Crippen molar-refractivity contribution in [3.05, 3.63) is 70.8 Å². The third kappa shape index (κ3) is 4.60. The summed E-state index contributed by atoms with van der Waals surface area (Å²) in [6.45, 7) is 2.04. The maximum Gasteiger partial charge on any atom is 0.335 e. The zero-order valence-electron chi connectivity index (χ0n) is 12.8. The summed E-state index contributed by atoms with van der Waals surface area (Å²) in [6.07, 6.45) is 0.703. The van der Waals surface area contributed by atoms with Gasteiger partial charge in [0.05, 0.1) is 5.56 Å². The fourth-order valence-electron chi connectivity index (χ4n) is 2.30. The number of hydrogen-bond acceptors (Lipinski definition) is 3. The fraction of sp³-hybridized carbons (Fsp3) is 0.222. The molecule has 2 N–H and O–H groups in total. The van der Waals surface area contributed by atoms with Crippen LogP contribution in [0.25, 0.3) is 0 Å². The molecule has 4 nitrogen and oxygen atoms in total. The number of nitrogens with one attached hydrogen (secondary N) is 1. The van der Waals surface area contributed by atoms with Gasteiger partial charge in [-0.2, -0.15) is 12.6 Å². The van der Waals surface area contributed by atoms with Crippen molar-refractivity contribution in [1.29, 1.82) is 0 Å². The number of carbonyl (C=O) groups is 2. The number of hydrogen-bond donors (Lipinski definition) is 3. The van der Waals surface area contributed by atoms with Gasteiger partial charge in [-0.3, -0.25) is 4.79 Å². The van der Waals surface area contributed by atoms with Crippen molar-refractivity contribution in [3.8, 4) is 0 Å². The van der Waals surface area contributed by atoms with Crippen LogP contribution in [0.1, 0.15) is 31.8 Å². The van der Waals surface area contributed by atoms with E-state index in [1.54, 1.807) is 0 Å². The molecule has 0 aromatic heterocycles. The summed E-state index contributed by atoms with van der Waals surface area (Å²) in [5, 5.41) is 11.8. The van der Waals surface area contributed by atoms with Gasteiger partial charge in [0.25, 0.3) is 5.91 Å². The van der Waals surface area contributed by atoms with Crippen molar-refractivity contribution in [3.63, 3.8) is 0 Å². The van der Waals surface area contributed by atoms with Crippen LogP contribution in [0.4, 0.5) is 0 Å². The molecule has 0 fully saturated rings. The Morgan fingerprint density at radius 1 is 1.09 bits per heavy atom. The molecule has 0 saturated carbocycles. The van der Waals surface area contributed by atoms with Crippen LogP contribution in [0.3, 0.4) is 0 Å². The van der Waals surface area contributed by atoms with E-state index in [1.807, 2.05) is 31.2 Å². The highest BCUT2D eigenvalue weighted by molar-refractivity contribution is 7.80. The molecule has 0 bridgehead atoms. The van der Waals surface area contributed by atoms with Crippen LogP contribution in [-0.2, 0) is 6.42 Å². The third-order valence-corrected chi connectivity index (χ3v) is 4.12. The first-order valence-corrected chi connectivity index (χ1v) is 7.94. The van der Waals surface area contributed by atoms with Gasteiger partial charge in [0.15, 0.2) is 0 Å². The molecule has 120 valence electrons. The summed E-state index contributed by atoms with van der Waals surface area (Å²) in [5.41, 5.74) is 2.95. The Morgan fingerprint density at radius 3 is 2.26 bits per heavy atom. The second-order valence-corrected chi connectivity index (χ2v) is 5.73. The van der Waals surface area contributed by atoms with E-state index in [4.69, 9.17) is 5.11 Å². The van der Waals surface area contributed by atoms with Gasteiger partial charge < -0.3 is 10.4 Å². The first kappa shape index (κ1) is 17.1. The lowest BCUT2D eigenvalue weighted by molar-refractivity contribution is 0.0696. The molecule has 2 aromatic rings. The van der Waals surface area contributed by atoms with Crippen molar-refractivity contribution >= 4 is 24.5 Å². The second-order valence-electron chi connectivity index (χ2n) is 5.37. The molecule has 23 heavy (non-hydrogen) atoms. The standard InChI is InChI=1S/C18H19NO3S/c1-12-4-2-3-5-15(12)10-16(11-23)19-17(20)13-6-8-14(9-7-13)18(21)22/h2-9,16,23H,10-11H2,1H3,(H,19,20)(H,21,22). The van der Waals surface area contributed by atoms with Gasteiger partial charge in [0.2, 0.25) is 0 Å². The summed E-state index contributed by atoms with van der Waals surface area (Å²) in [6, 6.07) is 13.8. The molecular weight excluding hydrogens is 310 g/mol. The van der Waals surface area contributed by atoms with Gasteiger partial charge in [-0.25, -0.2) is 4.79 Å². The average molecular weight is 329 g/mol. The Labute approximate surface area is 141 Å². The molecule has 1 atom stereocenters. The van der Waals surface area contributed by atoms with Crippen LogP contribution in [0.15, 0.2) is 48.5 Å². The predicted octanol–water partition coefficient (Wildman–Crippen LogP) is 2.96. The van der Waals surface area contributed by atoms with Crippen LogP contribution in [0, 0.1) is 6.92 Å². The first-order chi connectivity index (χ1) is 11.0. The summed E-state index contributed by atoms with van der Waals surface area (Å²) < 4.78 is 0. The van der Waals surface area contributed by atoms with Crippen LogP contribution in [0.5, 0.6) is 0 Å². The van der Waals surface area contributed by atoms with E-state index in [-0.39, 0.29) is 17.5 Å². The van der Waals surface area contributed by atoms with Gasteiger partial charge in [0.1, 0.15) is 0 Å². The number of carbonyl (C=O) groups excluding carboxylic acids is 1. The molecule has 2 rings (SSSR count). The highest BCUT2D eigenvalue weighted by atomic mass is 32.1. The number of rotatable bonds is 6. The van der Waals surface area contributed by atoms with Crippen molar-refractivity contribution < 1.29 is 14.7 Å². The van der Waals surface area contributed by atoms with Crippen LogP contribution in [0.2, 0.25) is 0 Å². The highest BCUT2D eigenvalue weighted by Gasteiger charge is 2.14. The average Bonchev–Trinajstić information content (AvgIpc) is 2.56. The largest absolute Gasteiger partial charge is 0.478 e. The second kappa shape index (κ2) is 7.83.